The monoisotopic (exact) mass is 599 g/mol. The molecule has 1 unspecified atom stereocenters. The number of carbonyl (C=O) groups excluding carboxylic acids is 2. The van der Waals surface area contributed by atoms with Gasteiger partial charge in [-0.1, -0.05) is 6.07 Å². The third-order valence-corrected chi connectivity index (χ3v) is 6.11. The van der Waals surface area contributed by atoms with Crippen LogP contribution in [0.4, 0.5) is 35.1 Å². The molecule has 16 heteroatoms. The maximum absolute atomic E-state index is 14.5. The first-order valence-electron chi connectivity index (χ1n) is 11.9. The summed E-state index contributed by atoms with van der Waals surface area (Å²) in [5.41, 5.74) is -4.83. The standard InChI is InChI=1S/C25H29F8N5O3/c1-14-8-15(6-7-16(14)21(40)35-11-20(39)36-12-23(3,26)27)17(34-4)10-22(2,25(31,32)33)19-9-18(24(28,29)30)37-38(19)13-41-5/h6-9H,10-13H2,1-5H3,(H,35,40)(H,36,39). The molecule has 2 amide bonds. The highest BCUT2D eigenvalue weighted by Crippen LogP contribution is 2.46. The lowest BCUT2D eigenvalue weighted by Crippen LogP contribution is -2.43. The number of amides is 2. The van der Waals surface area contributed by atoms with Crippen LogP contribution in [0.5, 0.6) is 0 Å². The van der Waals surface area contributed by atoms with Gasteiger partial charge in [0.05, 0.1) is 18.8 Å². The molecule has 0 aliphatic rings. The SMILES string of the molecule is CN=C(CC(C)(c1cc(C(F)(F)F)nn1COC)C(F)(F)F)c1ccc(C(=O)NCC(=O)NCC(C)(F)F)c(C)c1. The van der Waals surface area contributed by atoms with Crippen LogP contribution >= 0.6 is 0 Å². The second kappa shape index (κ2) is 12.5. The average Bonchev–Trinajstić information content (AvgIpc) is 3.28. The summed E-state index contributed by atoms with van der Waals surface area (Å²) in [6.07, 6.45) is -10.9. The summed E-state index contributed by atoms with van der Waals surface area (Å²) in [5, 5.41) is 7.49. The van der Waals surface area contributed by atoms with Gasteiger partial charge in [-0.15, -0.1) is 0 Å². The van der Waals surface area contributed by atoms with Crippen LogP contribution in [0.15, 0.2) is 29.3 Å². The first-order valence-corrected chi connectivity index (χ1v) is 11.9. The Kier molecular flexibility index (Phi) is 10.3. The summed E-state index contributed by atoms with van der Waals surface area (Å²) in [5.74, 6) is -4.75. The molecule has 8 nitrogen and oxygen atoms in total. The van der Waals surface area contributed by atoms with Crippen LogP contribution < -0.4 is 10.6 Å². The van der Waals surface area contributed by atoms with Crippen molar-refractivity contribution in [2.75, 3.05) is 27.2 Å². The van der Waals surface area contributed by atoms with Crippen molar-refractivity contribution in [2.24, 2.45) is 4.99 Å². The molecular weight excluding hydrogens is 570 g/mol. The third kappa shape index (κ3) is 8.47. The van der Waals surface area contributed by atoms with Crippen LogP contribution in [0, 0.1) is 6.92 Å². The summed E-state index contributed by atoms with van der Waals surface area (Å²) >= 11 is 0. The summed E-state index contributed by atoms with van der Waals surface area (Å²) in [4.78, 5) is 28.2. The third-order valence-electron chi connectivity index (χ3n) is 6.11. The van der Waals surface area contributed by atoms with Crippen molar-refractivity contribution >= 4 is 17.5 Å². The van der Waals surface area contributed by atoms with Gasteiger partial charge in [0.25, 0.3) is 11.8 Å². The van der Waals surface area contributed by atoms with E-state index >= 15 is 0 Å². The summed E-state index contributed by atoms with van der Waals surface area (Å²) in [6, 6.07) is 4.26. The van der Waals surface area contributed by atoms with E-state index in [1.165, 1.54) is 32.2 Å². The highest BCUT2D eigenvalue weighted by atomic mass is 19.4. The Morgan fingerprint density at radius 2 is 1.66 bits per heavy atom. The van der Waals surface area contributed by atoms with Gasteiger partial charge in [-0.3, -0.25) is 14.6 Å². The van der Waals surface area contributed by atoms with E-state index < -0.39 is 73.1 Å². The van der Waals surface area contributed by atoms with Crippen molar-refractivity contribution < 1.29 is 49.4 Å². The largest absolute Gasteiger partial charge is 0.435 e. The van der Waals surface area contributed by atoms with Crippen molar-refractivity contribution in [3.63, 3.8) is 0 Å². The molecule has 2 rings (SSSR count). The van der Waals surface area contributed by atoms with Crippen LogP contribution in [-0.4, -0.2) is 66.7 Å². The number of nitrogens with one attached hydrogen (secondary N) is 2. The maximum atomic E-state index is 14.5. The topological polar surface area (TPSA) is 97.6 Å². The molecule has 0 radical (unpaired) electrons. The zero-order valence-electron chi connectivity index (χ0n) is 22.7. The van der Waals surface area contributed by atoms with E-state index in [1.807, 2.05) is 5.32 Å². The van der Waals surface area contributed by atoms with E-state index in [2.05, 4.69) is 15.4 Å². The van der Waals surface area contributed by atoms with Gasteiger partial charge in [-0.2, -0.15) is 31.4 Å². The number of aromatic nitrogens is 2. The minimum atomic E-state index is -5.05. The molecule has 1 atom stereocenters. The molecule has 1 aromatic carbocycles. The minimum absolute atomic E-state index is 0.0457. The van der Waals surface area contributed by atoms with Crippen molar-refractivity contribution in [3.8, 4) is 0 Å². The van der Waals surface area contributed by atoms with E-state index in [9.17, 15) is 44.7 Å². The molecule has 1 heterocycles. The maximum Gasteiger partial charge on any atom is 0.435 e. The number of alkyl halides is 8. The first kappa shape index (κ1) is 33.6. The normalized spacial score (nSPS) is 14.5. The zero-order valence-corrected chi connectivity index (χ0v) is 22.7. The van der Waals surface area contributed by atoms with Crippen LogP contribution in [0.3, 0.4) is 0 Å². The van der Waals surface area contributed by atoms with Crippen molar-refractivity contribution in [1.82, 2.24) is 20.4 Å². The number of benzene rings is 1. The number of aliphatic imine (C=N–C) groups is 1. The number of nitrogens with zero attached hydrogens (tertiary/aromatic N) is 3. The predicted molar refractivity (Wildman–Crippen MR) is 132 cm³/mol. The molecule has 2 N–H and O–H groups in total. The van der Waals surface area contributed by atoms with E-state index in [0.717, 1.165) is 14.0 Å². The highest BCUT2D eigenvalue weighted by Gasteiger charge is 2.55. The fraction of sp³-hybridized carbons (Fsp3) is 0.520. The minimum Gasteiger partial charge on any atom is -0.362 e. The van der Waals surface area contributed by atoms with Crippen molar-refractivity contribution in [3.05, 3.63) is 52.3 Å². The second-order valence-corrected chi connectivity index (χ2v) is 9.57. The van der Waals surface area contributed by atoms with E-state index in [4.69, 9.17) is 4.74 Å². The molecular formula is C25H29F8N5O3. The Balaban J connectivity index is 2.36. The summed E-state index contributed by atoms with van der Waals surface area (Å²) in [7, 11) is 2.31. The van der Waals surface area contributed by atoms with Crippen LogP contribution in [0.2, 0.25) is 0 Å². The molecule has 2 aromatic rings. The lowest BCUT2D eigenvalue weighted by Gasteiger charge is -2.33. The number of ether oxygens (including phenoxy) is 1. The van der Waals surface area contributed by atoms with Gasteiger partial charge >= 0.3 is 12.4 Å². The van der Waals surface area contributed by atoms with Crippen molar-refractivity contribution in [1.29, 1.82) is 0 Å². The van der Waals surface area contributed by atoms with Gasteiger partial charge in [-0.25, -0.2) is 13.5 Å². The van der Waals surface area contributed by atoms with Gasteiger partial charge in [0, 0.05) is 38.8 Å². The predicted octanol–water partition coefficient (Wildman–Crippen LogP) is 4.64. The quantitative estimate of drug-likeness (QED) is 0.291. The molecule has 41 heavy (non-hydrogen) atoms. The first-order chi connectivity index (χ1) is 18.7. The van der Waals surface area contributed by atoms with Crippen molar-refractivity contribution in [2.45, 2.75) is 57.6 Å². The number of carbonyl (C=O) groups is 2. The van der Waals surface area contributed by atoms with Crippen LogP contribution in [0.1, 0.15) is 53.1 Å². The smallest absolute Gasteiger partial charge is 0.362 e. The molecule has 0 saturated carbocycles. The second-order valence-electron chi connectivity index (χ2n) is 9.57. The number of hydrogen-bond donors (Lipinski definition) is 2. The fourth-order valence-electron chi connectivity index (χ4n) is 3.87. The fourth-order valence-corrected chi connectivity index (χ4v) is 3.87. The lowest BCUT2D eigenvalue weighted by molar-refractivity contribution is -0.186. The Hall–Kier alpha value is -3.56. The molecule has 228 valence electrons. The zero-order chi connectivity index (χ0) is 31.4. The molecule has 0 saturated heterocycles. The Morgan fingerprint density at radius 3 is 2.15 bits per heavy atom. The molecule has 0 bridgehead atoms. The number of hydrogen-bond acceptors (Lipinski definition) is 5. The number of halogens is 8. The van der Waals surface area contributed by atoms with Crippen LogP contribution in [-0.2, 0) is 27.9 Å². The number of aryl methyl sites for hydroxylation is 1. The van der Waals surface area contributed by atoms with Crippen LogP contribution in [0.25, 0.3) is 0 Å². The number of rotatable bonds is 11. The Bertz CT molecular complexity index is 1280. The Morgan fingerprint density at radius 1 is 1.02 bits per heavy atom. The molecule has 0 spiro atoms. The summed E-state index contributed by atoms with van der Waals surface area (Å²) < 4.78 is 114. The van der Waals surface area contributed by atoms with Gasteiger partial charge in [-0.05, 0) is 43.2 Å². The van der Waals surface area contributed by atoms with Gasteiger partial charge in [0.2, 0.25) is 5.91 Å². The number of methoxy groups -OCH3 is 1. The molecule has 1 aromatic heterocycles. The van der Waals surface area contributed by atoms with Gasteiger partial charge in [0.15, 0.2) is 5.69 Å². The average molecular weight is 600 g/mol. The lowest BCUT2D eigenvalue weighted by atomic mass is 9.78. The Labute approximate surface area is 230 Å². The van der Waals surface area contributed by atoms with E-state index in [0.29, 0.717) is 17.7 Å². The summed E-state index contributed by atoms with van der Waals surface area (Å²) in [6.45, 7) is 0.616. The molecule has 0 fully saturated rings. The molecule has 0 aliphatic heterocycles. The van der Waals surface area contributed by atoms with E-state index in [1.54, 1.807) is 0 Å². The molecule has 0 aliphatic carbocycles. The highest BCUT2D eigenvalue weighted by molar-refractivity contribution is 6.03. The van der Waals surface area contributed by atoms with Gasteiger partial charge < -0.3 is 15.4 Å². The van der Waals surface area contributed by atoms with E-state index in [-0.39, 0.29) is 22.4 Å². The van der Waals surface area contributed by atoms with Gasteiger partial charge in [0.1, 0.15) is 12.1 Å².